The number of hydrogen-bond donors (Lipinski definition) is 1. The van der Waals surface area contributed by atoms with Gasteiger partial charge in [-0.15, -0.1) is 0 Å². The molecule has 28 heavy (non-hydrogen) atoms. The van der Waals surface area contributed by atoms with Gasteiger partial charge in [-0.3, -0.25) is 4.79 Å². The van der Waals surface area contributed by atoms with Crippen LogP contribution in [0.4, 0.5) is 0 Å². The molecule has 1 aromatic heterocycles. The van der Waals surface area contributed by atoms with Gasteiger partial charge in [0.25, 0.3) is 5.91 Å². The van der Waals surface area contributed by atoms with Gasteiger partial charge >= 0.3 is 0 Å². The van der Waals surface area contributed by atoms with E-state index in [9.17, 15) is 4.79 Å². The first kappa shape index (κ1) is 18.4. The molecule has 4 rings (SSSR count). The zero-order valence-electron chi connectivity index (χ0n) is 14.4. The second-order valence-corrected chi connectivity index (χ2v) is 6.77. The lowest BCUT2D eigenvalue weighted by Crippen LogP contribution is -2.42. The fourth-order valence-corrected chi connectivity index (χ4v) is 3.14. The van der Waals surface area contributed by atoms with Gasteiger partial charge in [-0.2, -0.15) is 5.10 Å². The first-order valence-electron chi connectivity index (χ1n) is 8.37. The van der Waals surface area contributed by atoms with E-state index in [4.69, 9.17) is 37.1 Å². The Labute approximate surface area is 170 Å². The molecule has 0 saturated carbocycles. The van der Waals surface area contributed by atoms with Gasteiger partial charge in [0.1, 0.15) is 18.1 Å². The topological polar surface area (TPSA) is 73.1 Å². The third-order valence-corrected chi connectivity index (χ3v) is 4.54. The van der Waals surface area contributed by atoms with Crippen molar-refractivity contribution < 1.29 is 18.7 Å². The van der Waals surface area contributed by atoms with Crippen molar-refractivity contribution in [2.75, 3.05) is 6.61 Å². The molecule has 1 N–H and O–H groups in total. The van der Waals surface area contributed by atoms with Crippen molar-refractivity contribution >= 4 is 35.3 Å². The smallest absolute Gasteiger partial charge is 0.284 e. The summed E-state index contributed by atoms with van der Waals surface area (Å²) in [6, 6.07) is 15.8. The van der Waals surface area contributed by atoms with Crippen molar-refractivity contribution in [3.05, 3.63) is 70.4 Å². The van der Waals surface area contributed by atoms with E-state index in [1.54, 1.807) is 42.5 Å². The number of ether oxygens (including phenoxy) is 2. The lowest BCUT2D eigenvalue weighted by Gasteiger charge is -2.24. The van der Waals surface area contributed by atoms with Crippen molar-refractivity contribution in [2.45, 2.75) is 6.10 Å². The van der Waals surface area contributed by atoms with E-state index >= 15 is 0 Å². The highest BCUT2D eigenvalue weighted by Crippen LogP contribution is 2.32. The molecule has 142 valence electrons. The molecule has 8 heteroatoms. The number of benzene rings is 2. The summed E-state index contributed by atoms with van der Waals surface area (Å²) in [5.41, 5.74) is 3.13. The molecular formula is C20H14Cl2N2O4. The van der Waals surface area contributed by atoms with Crippen molar-refractivity contribution in [2.24, 2.45) is 5.10 Å². The van der Waals surface area contributed by atoms with Crippen LogP contribution in [-0.2, 0) is 4.79 Å². The maximum Gasteiger partial charge on any atom is 0.284 e. The summed E-state index contributed by atoms with van der Waals surface area (Å²) in [6.07, 6.45) is 0.607. The minimum absolute atomic E-state index is 0.109. The van der Waals surface area contributed by atoms with Crippen LogP contribution >= 0.6 is 23.2 Å². The second-order valence-electron chi connectivity index (χ2n) is 5.92. The van der Waals surface area contributed by atoms with Crippen molar-refractivity contribution in [1.29, 1.82) is 0 Å². The van der Waals surface area contributed by atoms with Crippen LogP contribution < -0.4 is 14.9 Å². The summed E-state index contributed by atoms with van der Waals surface area (Å²) in [5, 5.41) is 4.93. The van der Waals surface area contributed by atoms with Crippen molar-refractivity contribution in [3.8, 4) is 22.8 Å². The second kappa shape index (κ2) is 7.96. The predicted molar refractivity (Wildman–Crippen MR) is 106 cm³/mol. The van der Waals surface area contributed by atoms with Crippen LogP contribution in [0.25, 0.3) is 11.3 Å². The molecule has 0 radical (unpaired) electrons. The number of hydrogen-bond acceptors (Lipinski definition) is 5. The number of carbonyl (C=O) groups excluding carboxylic acids is 1. The Morgan fingerprint density at radius 2 is 1.93 bits per heavy atom. The van der Waals surface area contributed by atoms with Crippen LogP contribution in [-0.4, -0.2) is 24.8 Å². The molecule has 1 aliphatic heterocycles. The van der Waals surface area contributed by atoms with Gasteiger partial charge in [0.2, 0.25) is 6.10 Å². The van der Waals surface area contributed by atoms with E-state index in [1.165, 1.54) is 6.21 Å². The fraction of sp³-hybridized carbons (Fsp3) is 0.100. The predicted octanol–water partition coefficient (Wildman–Crippen LogP) is 4.54. The zero-order chi connectivity index (χ0) is 19.5. The van der Waals surface area contributed by atoms with Crippen molar-refractivity contribution in [1.82, 2.24) is 5.43 Å². The summed E-state index contributed by atoms with van der Waals surface area (Å²) < 4.78 is 16.8. The van der Waals surface area contributed by atoms with Crippen LogP contribution in [0, 0.1) is 0 Å². The van der Waals surface area contributed by atoms with Gasteiger partial charge in [-0.25, -0.2) is 5.43 Å². The van der Waals surface area contributed by atoms with E-state index in [0.29, 0.717) is 38.6 Å². The number of rotatable bonds is 4. The van der Waals surface area contributed by atoms with Gasteiger partial charge in [0.05, 0.1) is 11.2 Å². The summed E-state index contributed by atoms with van der Waals surface area (Å²) in [4.78, 5) is 12.2. The summed E-state index contributed by atoms with van der Waals surface area (Å²) in [7, 11) is 0. The van der Waals surface area contributed by atoms with Crippen LogP contribution in [0.2, 0.25) is 10.0 Å². The molecule has 2 heterocycles. The Hall–Kier alpha value is -2.96. The molecule has 1 aliphatic rings. The van der Waals surface area contributed by atoms with Gasteiger partial charge in [0.15, 0.2) is 11.5 Å². The van der Waals surface area contributed by atoms with Crippen LogP contribution in [0.1, 0.15) is 5.76 Å². The number of para-hydroxylation sites is 2. The Morgan fingerprint density at radius 3 is 2.75 bits per heavy atom. The SMILES string of the molecule is O=C(N/N=C/c1ccc(-c2ccc(Cl)cc2Cl)o1)[C@@H]1COc2ccccc2O1. The number of carbonyl (C=O) groups is 1. The molecule has 0 aliphatic carbocycles. The maximum atomic E-state index is 12.2. The van der Waals surface area contributed by atoms with Crippen LogP contribution in [0.5, 0.6) is 11.5 Å². The molecule has 1 atom stereocenters. The highest BCUT2D eigenvalue weighted by Gasteiger charge is 2.27. The number of fused-ring (bicyclic) bond motifs is 1. The Bertz CT molecular complexity index is 1050. The molecule has 0 bridgehead atoms. The van der Waals surface area contributed by atoms with Crippen molar-refractivity contribution in [3.63, 3.8) is 0 Å². The number of amides is 1. The number of nitrogens with zero attached hydrogens (tertiary/aromatic N) is 1. The standard InChI is InChI=1S/C20H14Cl2N2O4/c21-12-5-7-14(15(22)9-12)16-8-6-13(27-16)10-23-24-20(25)19-11-26-17-3-1-2-4-18(17)28-19/h1-10,19H,11H2,(H,24,25)/b23-10+/t19-/m0/s1. The van der Waals surface area contributed by atoms with Gasteiger partial charge in [0, 0.05) is 10.6 Å². The molecule has 0 spiro atoms. The maximum absolute atomic E-state index is 12.2. The average molecular weight is 417 g/mol. The summed E-state index contributed by atoms with van der Waals surface area (Å²) in [6.45, 7) is 0.109. The molecule has 0 saturated heterocycles. The molecule has 1 amide bonds. The lowest BCUT2D eigenvalue weighted by molar-refractivity contribution is -0.130. The molecule has 6 nitrogen and oxygen atoms in total. The third-order valence-electron chi connectivity index (χ3n) is 3.99. The average Bonchev–Trinajstić information content (AvgIpc) is 3.16. The third kappa shape index (κ3) is 3.98. The highest BCUT2D eigenvalue weighted by atomic mass is 35.5. The lowest BCUT2D eigenvalue weighted by atomic mass is 10.2. The van der Waals surface area contributed by atoms with Gasteiger partial charge in [-0.1, -0.05) is 35.3 Å². The number of halogens is 2. The van der Waals surface area contributed by atoms with Crippen LogP contribution in [0.3, 0.4) is 0 Å². The summed E-state index contributed by atoms with van der Waals surface area (Å²) >= 11 is 12.1. The number of furan rings is 1. The van der Waals surface area contributed by atoms with Crippen LogP contribution in [0.15, 0.2) is 64.1 Å². The Kier molecular flexibility index (Phi) is 5.23. The molecule has 0 fully saturated rings. The first-order chi connectivity index (χ1) is 13.6. The molecule has 3 aromatic rings. The van der Waals surface area contributed by atoms with E-state index in [0.717, 1.165) is 0 Å². The van der Waals surface area contributed by atoms with Gasteiger partial charge < -0.3 is 13.9 Å². The molecule has 0 unspecified atom stereocenters. The van der Waals surface area contributed by atoms with E-state index in [1.807, 2.05) is 12.1 Å². The molecule has 2 aromatic carbocycles. The van der Waals surface area contributed by atoms with E-state index in [2.05, 4.69) is 10.5 Å². The van der Waals surface area contributed by atoms with Gasteiger partial charge in [-0.05, 0) is 42.5 Å². The number of hydrazone groups is 1. The normalized spacial score (nSPS) is 15.6. The largest absolute Gasteiger partial charge is 0.485 e. The Balaban J connectivity index is 1.38. The zero-order valence-corrected chi connectivity index (χ0v) is 15.9. The highest BCUT2D eigenvalue weighted by molar-refractivity contribution is 6.36. The first-order valence-corrected chi connectivity index (χ1v) is 9.12. The monoisotopic (exact) mass is 416 g/mol. The minimum atomic E-state index is -0.785. The van der Waals surface area contributed by atoms with E-state index in [-0.39, 0.29) is 6.61 Å². The fourth-order valence-electron chi connectivity index (χ4n) is 2.64. The minimum Gasteiger partial charge on any atom is -0.485 e. The summed E-state index contributed by atoms with van der Waals surface area (Å²) in [5.74, 6) is 1.73. The quantitative estimate of drug-likeness (QED) is 0.500. The van der Waals surface area contributed by atoms with E-state index < -0.39 is 12.0 Å². The Morgan fingerprint density at radius 1 is 1.11 bits per heavy atom. The number of nitrogens with one attached hydrogen (secondary N) is 1. The molecular weight excluding hydrogens is 403 g/mol.